The molecule has 0 amide bonds. The van der Waals surface area contributed by atoms with Crippen molar-refractivity contribution in [2.24, 2.45) is 5.92 Å². The minimum Gasteiger partial charge on any atom is -0.310 e. The highest BCUT2D eigenvalue weighted by Crippen LogP contribution is 1.98. The zero-order valence-electron chi connectivity index (χ0n) is 8.52. The van der Waals surface area contributed by atoms with Crippen LogP contribution < -0.4 is 5.32 Å². The molecule has 72 valence electrons. The molecular formula is C10H21NO. The largest absolute Gasteiger partial charge is 0.310 e. The van der Waals surface area contributed by atoms with Crippen LogP contribution in [-0.4, -0.2) is 18.9 Å². The molecule has 0 aliphatic carbocycles. The molecule has 0 saturated carbocycles. The maximum absolute atomic E-state index is 11.2. The van der Waals surface area contributed by atoms with Crippen molar-refractivity contribution in [3.8, 4) is 0 Å². The van der Waals surface area contributed by atoms with E-state index in [1.807, 2.05) is 0 Å². The Morgan fingerprint density at radius 2 is 2.08 bits per heavy atom. The van der Waals surface area contributed by atoms with Gasteiger partial charge in [0.05, 0.1) is 6.54 Å². The van der Waals surface area contributed by atoms with Gasteiger partial charge in [0.2, 0.25) is 0 Å². The Kier molecular flexibility index (Phi) is 7.06. The van der Waals surface area contributed by atoms with E-state index in [1.165, 1.54) is 6.42 Å². The number of ketones is 1. The third kappa shape index (κ3) is 7.73. The van der Waals surface area contributed by atoms with Crippen LogP contribution in [0.3, 0.4) is 0 Å². The lowest BCUT2D eigenvalue weighted by atomic mass is 10.1. The molecule has 0 fully saturated rings. The molecule has 2 nitrogen and oxygen atoms in total. The fraction of sp³-hybridized carbons (Fsp3) is 0.900. The van der Waals surface area contributed by atoms with Crippen LogP contribution in [0.4, 0.5) is 0 Å². The molecule has 0 atom stereocenters. The first-order valence-electron chi connectivity index (χ1n) is 4.89. The van der Waals surface area contributed by atoms with Crippen molar-refractivity contribution in [2.75, 3.05) is 13.1 Å². The van der Waals surface area contributed by atoms with Gasteiger partial charge in [-0.15, -0.1) is 0 Å². The number of carbonyl (C=O) groups is 1. The zero-order valence-corrected chi connectivity index (χ0v) is 8.52. The van der Waals surface area contributed by atoms with Gasteiger partial charge in [0.15, 0.2) is 0 Å². The maximum atomic E-state index is 11.2. The molecule has 0 saturated heterocycles. The molecular weight excluding hydrogens is 150 g/mol. The molecule has 0 aliphatic rings. The van der Waals surface area contributed by atoms with E-state index in [0.717, 1.165) is 13.0 Å². The lowest BCUT2D eigenvalue weighted by molar-refractivity contribution is -0.118. The Hall–Kier alpha value is -0.370. The number of Topliss-reactive ketones (excluding diaryl/α,β-unsaturated/α-hetero) is 1. The summed E-state index contributed by atoms with van der Waals surface area (Å²) < 4.78 is 0. The molecule has 0 spiro atoms. The quantitative estimate of drug-likeness (QED) is 0.593. The summed E-state index contributed by atoms with van der Waals surface area (Å²) in [6.45, 7) is 7.82. The summed E-state index contributed by atoms with van der Waals surface area (Å²) in [6.07, 6.45) is 3.06. The Bertz CT molecular complexity index is 121. The number of hydrogen-bond donors (Lipinski definition) is 1. The third-order valence-corrected chi connectivity index (χ3v) is 1.67. The molecule has 0 aliphatic heterocycles. The number of unbranched alkanes of at least 4 members (excludes halogenated alkanes) is 1. The first kappa shape index (κ1) is 11.6. The Morgan fingerprint density at radius 1 is 1.42 bits per heavy atom. The van der Waals surface area contributed by atoms with Crippen molar-refractivity contribution < 1.29 is 4.79 Å². The van der Waals surface area contributed by atoms with Gasteiger partial charge in [0.25, 0.3) is 0 Å². The number of hydrogen-bond acceptors (Lipinski definition) is 2. The van der Waals surface area contributed by atoms with Crippen molar-refractivity contribution in [1.29, 1.82) is 0 Å². The first-order valence-corrected chi connectivity index (χ1v) is 4.89. The van der Waals surface area contributed by atoms with Crippen molar-refractivity contribution in [1.82, 2.24) is 5.32 Å². The summed E-state index contributed by atoms with van der Waals surface area (Å²) in [6, 6.07) is 0. The van der Waals surface area contributed by atoms with E-state index in [-0.39, 0.29) is 0 Å². The van der Waals surface area contributed by atoms with Crippen molar-refractivity contribution in [2.45, 2.75) is 40.0 Å². The third-order valence-electron chi connectivity index (χ3n) is 1.67. The second kappa shape index (κ2) is 7.29. The molecule has 2 heteroatoms. The van der Waals surface area contributed by atoms with Gasteiger partial charge in [0.1, 0.15) is 5.78 Å². The topological polar surface area (TPSA) is 29.1 Å². The van der Waals surface area contributed by atoms with Crippen LogP contribution in [0, 0.1) is 5.92 Å². The molecule has 0 rings (SSSR count). The average molecular weight is 171 g/mol. The average Bonchev–Trinajstić information content (AvgIpc) is 1.97. The van der Waals surface area contributed by atoms with Gasteiger partial charge in [-0.25, -0.2) is 0 Å². The fourth-order valence-electron chi connectivity index (χ4n) is 1.06. The van der Waals surface area contributed by atoms with Gasteiger partial charge >= 0.3 is 0 Å². The Balaban J connectivity index is 3.20. The summed E-state index contributed by atoms with van der Waals surface area (Å²) in [5.41, 5.74) is 0. The predicted molar refractivity (Wildman–Crippen MR) is 52.2 cm³/mol. The van der Waals surface area contributed by atoms with Crippen molar-refractivity contribution >= 4 is 5.78 Å². The highest BCUT2D eigenvalue weighted by atomic mass is 16.1. The highest BCUT2D eigenvalue weighted by molar-refractivity contribution is 5.80. The van der Waals surface area contributed by atoms with Crippen LogP contribution in [0.2, 0.25) is 0 Å². The van der Waals surface area contributed by atoms with E-state index in [9.17, 15) is 4.79 Å². The molecule has 0 radical (unpaired) electrons. The molecule has 0 aromatic heterocycles. The van der Waals surface area contributed by atoms with Crippen molar-refractivity contribution in [3.05, 3.63) is 0 Å². The van der Waals surface area contributed by atoms with E-state index in [2.05, 4.69) is 26.1 Å². The molecule has 0 aromatic carbocycles. The summed E-state index contributed by atoms with van der Waals surface area (Å²) in [4.78, 5) is 11.2. The second-order valence-corrected chi connectivity index (χ2v) is 3.67. The van der Waals surface area contributed by atoms with Gasteiger partial charge in [-0.05, 0) is 18.9 Å². The van der Waals surface area contributed by atoms with Crippen molar-refractivity contribution in [3.63, 3.8) is 0 Å². The van der Waals surface area contributed by atoms with Crippen LogP contribution in [0.15, 0.2) is 0 Å². The van der Waals surface area contributed by atoms with Gasteiger partial charge in [-0.1, -0.05) is 27.2 Å². The van der Waals surface area contributed by atoms with Crippen LogP contribution in [0.5, 0.6) is 0 Å². The summed E-state index contributed by atoms with van der Waals surface area (Å²) >= 11 is 0. The number of nitrogens with one attached hydrogen (secondary N) is 1. The standard InChI is InChI=1S/C10H21NO/c1-4-5-6-11-8-10(12)7-9(2)3/h9,11H,4-8H2,1-3H3. The summed E-state index contributed by atoms with van der Waals surface area (Å²) in [7, 11) is 0. The van der Waals surface area contributed by atoms with E-state index in [1.54, 1.807) is 0 Å². The van der Waals surface area contributed by atoms with Crippen LogP contribution in [0.1, 0.15) is 40.0 Å². The molecule has 0 aromatic rings. The lowest BCUT2D eigenvalue weighted by Gasteiger charge is -2.04. The Morgan fingerprint density at radius 3 is 2.58 bits per heavy atom. The Labute approximate surface area is 75.7 Å². The van der Waals surface area contributed by atoms with Gasteiger partial charge in [0, 0.05) is 6.42 Å². The predicted octanol–water partition coefficient (Wildman–Crippen LogP) is 1.99. The van der Waals surface area contributed by atoms with Crippen LogP contribution in [-0.2, 0) is 4.79 Å². The van der Waals surface area contributed by atoms with Crippen LogP contribution >= 0.6 is 0 Å². The van der Waals surface area contributed by atoms with E-state index >= 15 is 0 Å². The SMILES string of the molecule is CCCCNCC(=O)CC(C)C. The van der Waals surface area contributed by atoms with Gasteiger partial charge < -0.3 is 5.32 Å². The maximum Gasteiger partial charge on any atom is 0.146 e. The smallest absolute Gasteiger partial charge is 0.146 e. The molecule has 12 heavy (non-hydrogen) atoms. The summed E-state index contributed by atoms with van der Waals surface area (Å²) in [5.74, 6) is 0.826. The normalized spacial score (nSPS) is 10.7. The zero-order chi connectivity index (χ0) is 9.40. The van der Waals surface area contributed by atoms with Gasteiger partial charge in [-0.2, -0.15) is 0 Å². The van der Waals surface area contributed by atoms with E-state index < -0.39 is 0 Å². The number of rotatable bonds is 7. The molecule has 0 bridgehead atoms. The van der Waals surface area contributed by atoms with E-state index in [4.69, 9.17) is 0 Å². The molecule has 1 N–H and O–H groups in total. The minimum atomic E-state index is 0.334. The van der Waals surface area contributed by atoms with E-state index in [0.29, 0.717) is 24.7 Å². The fourth-order valence-corrected chi connectivity index (χ4v) is 1.06. The summed E-state index contributed by atoms with van der Waals surface area (Å²) in [5, 5.41) is 3.14. The monoisotopic (exact) mass is 171 g/mol. The highest BCUT2D eigenvalue weighted by Gasteiger charge is 2.03. The molecule has 0 heterocycles. The second-order valence-electron chi connectivity index (χ2n) is 3.67. The number of carbonyl (C=O) groups excluding carboxylic acids is 1. The first-order chi connectivity index (χ1) is 5.66. The lowest BCUT2D eigenvalue weighted by Crippen LogP contribution is -2.24. The molecule has 0 unspecified atom stereocenters. The minimum absolute atomic E-state index is 0.334. The van der Waals surface area contributed by atoms with Crippen LogP contribution in [0.25, 0.3) is 0 Å². The van der Waals surface area contributed by atoms with Gasteiger partial charge in [-0.3, -0.25) is 4.79 Å².